The van der Waals surface area contributed by atoms with Gasteiger partial charge in [-0.1, -0.05) is 29.8 Å². The van der Waals surface area contributed by atoms with Crippen LogP contribution in [0.3, 0.4) is 0 Å². The van der Waals surface area contributed by atoms with Gasteiger partial charge in [-0.3, -0.25) is 4.79 Å². The minimum Gasteiger partial charge on any atom is -0.508 e. The Balaban J connectivity index is 1.92. The van der Waals surface area contributed by atoms with Gasteiger partial charge in [0.15, 0.2) is 5.78 Å². The number of carbonyl (C=O) groups excluding carboxylic acids is 1. The monoisotopic (exact) mass is 421 g/mol. The molecule has 0 fully saturated rings. The molecule has 0 bridgehead atoms. The van der Waals surface area contributed by atoms with Crippen LogP contribution in [0.4, 0.5) is 0 Å². The standard InChI is InChI=1S/C24H20ClNO2S/c1-15-23(16(2)27)24-20(14-29-19-6-4-3-5-7-19)22(28)13-12-21(24)26(15)18-10-8-17(25)9-11-18/h3-13,28H,14H2,1-2H3. The van der Waals surface area contributed by atoms with E-state index in [1.165, 1.54) is 0 Å². The molecule has 0 radical (unpaired) electrons. The van der Waals surface area contributed by atoms with Gasteiger partial charge in [0.2, 0.25) is 0 Å². The first kappa shape index (κ1) is 19.6. The minimum atomic E-state index is -0.0169. The summed E-state index contributed by atoms with van der Waals surface area (Å²) >= 11 is 7.70. The molecular weight excluding hydrogens is 402 g/mol. The predicted molar refractivity (Wildman–Crippen MR) is 121 cm³/mol. The van der Waals surface area contributed by atoms with E-state index in [1.54, 1.807) is 24.8 Å². The van der Waals surface area contributed by atoms with Crippen molar-refractivity contribution in [3.63, 3.8) is 0 Å². The number of nitrogens with zero attached hydrogens (tertiary/aromatic N) is 1. The number of aromatic nitrogens is 1. The molecule has 0 unspecified atom stereocenters. The molecule has 4 rings (SSSR count). The number of thioether (sulfide) groups is 1. The summed E-state index contributed by atoms with van der Waals surface area (Å²) in [5.74, 6) is 0.755. The lowest BCUT2D eigenvalue weighted by atomic mass is 10.0. The number of halogens is 1. The molecular formula is C24H20ClNO2S. The smallest absolute Gasteiger partial charge is 0.162 e. The van der Waals surface area contributed by atoms with Crippen molar-refractivity contribution in [1.82, 2.24) is 4.57 Å². The fourth-order valence-electron chi connectivity index (χ4n) is 3.74. The molecule has 0 spiro atoms. The Kier molecular flexibility index (Phi) is 5.39. The highest BCUT2D eigenvalue weighted by atomic mass is 35.5. The van der Waals surface area contributed by atoms with Crippen LogP contribution in [0.5, 0.6) is 5.75 Å². The van der Waals surface area contributed by atoms with E-state index in [2.05, 4.69) is 4.57 Å². The normalized spacial score (nSPS) is 11.1. The van der Waals surface area contributed by atoms with E-state index in [0.29, 0.717) is 16.3 Å². The molecule has 5 heteroatoms. The van der Waals surface area contributed by atoms with Gasteiger partial charge < -0.3 is 9.67 Å². The lowest BCUT2D eigenvalue weighted by Crippen LogP contribution is -1.99. The van der Waals surface area contributed by atoms with E-state index in [-0.39, 0.29) is 11.5 Å². The van der Waals surface area contributed by atoms with Crippen molar-refractivity contribution in [2.75, 3.05) is 0 Å². The van der Waals surface area contributed by atoms with Crippen LogP contribution in [0.2, 0.25) is 5.02 Å². The number of rotatable bonds is 5. The maximum Gasteiger partial charge on any atom is 0.162 e. The maximum absolute atomic E-state index is 12.6. The summed E-state index contributed by atoms with van der Waals surface area (Å²) in [6.07, 6.45) is 0. The third-order valence-corrected chi connectivity index (χ3v) is 6.31. The highest BCUT2D eigenvalue weighted by molar-refractivity contribution is 7.98. The van der Waals surface area contributed by atoms with E-state index in [1.807, 2.05) is 67.6 Å². The number of Topliss-reactive ketones (excluding diaryl/α,β-unsaturated/α-hetero) is 1. The summed E-state index contributed by atoms with van der Waals surface area (Å²) in [4.78, 5) is 13.7. The van der Waals surface area contributed by atoms with Crippen LogP contribution in [-0.4, -0.2) is 15.5 Å². The third-order valence-electron chi connectivity index (χ3n) is 5.02. The van der Waals surface area contributed by atoms with Gasteiger partial charge in [-0.25, -0.2) is 0 Å². The second-order valence-corrected chi connectivity index (χ2v) is 8.37. The summed E-state index contributed by atoms with van der Waals surface area (Å²) in [5.41, 5.74) is 4.10. The molecule has 3 nitrogen and oxygen atoms in total. The number of ketones is 1. The van der Waals surface area contributed by atoms with Crippen LogP contribution >= 0.6 is 23.4 Å². The van der Waals surface area contributed by atoms with Crippen molar-refractivity contribution in [3.8, 4) is 11.4 Å². The number of carbonyl (C=O) groups is 1. The summed E-state index contributed by atoms with van der Waals surface area (Å²) in [5, 5.41) is 12.1. The van der Waals surface area contributed by atoms with E-state index in [0.717, 1.165) is 32.7 Å². The fourth-order valence-corrected chi connectivity index (χ4v) is 4.81. The average Bonchev–Trinajstić information content (AvgIpc) is 3.01. The Hall–Kier alpha value is -2.69. The topological polar surface area (TPSA) is 42.2 Å². The van der Waals surface area contributed by atoms with Gasteiger partial charge in [0.25, 0.3) is 0 Å². The zero-order valence-corrected chi connectivity index (χ0v) is 17.7. The number of benzene rings is 3. The van der Waals surface area contributed by atoms with E-state index >= 15 is 0 Å². The molecule has 146 valence electrons. The molecule has 3 aromatic carbocycles. The molecule has 0 aliphatic carbocycles. The van der Waals surface area contributed by atoms with Crippen LogP contribution in [0.15, 0.2) is 71.6 Å². The summed E-state index contributed by atoms with van der Waals surface area (Å²) in [7, 11) is 0. The number of phenolic OH excluding ortho intramolecular Hbond substituents is 1. The van der Waals surface area contributed by atoms with Crippen molar-refractivity contribution in [3.05, 3.63) is 88.6 Å². The van der Waals surface area contributed by atoms with Crippen LogP contribution in [0, 0.1) is 6.92 Å². The fraction of sp³-hybridized carbons (Fsp3) is 0.125. The van der Waals surface area contributed by atoms with Gasteiger partial charge in [0, 0.05) is 43.6 Å². The quantitative estimate of drug-likeness (QED) is 0.285. The highest BCUT2D eigenvalue weighted by Gasteiger charge is 2.22. The van der Waals surface area contributed by atoms with Crippen molar-refractivity contribution in [2.24, 2.45) is 0 Å². The van der Waals surface area contributed by atoms with Gasteiger partial charge in [0.05, 0.1) is 5.52 Å². The first-order valence-electron chi connectivity index (χ1n) is 9.28. The predicted octanol–water partition coefficient (Wildman–Crippen LogP) is 6.79. The number of phenols is 1. The molecule has 0 aliphatic rings. The zero-order chi connectivity index (χ0) is 20.5. The molecule has 0 atom stereocenters. The van der Waals surface area contributed by atoms with Crippen LogP contribution in [0.1, 0.15) is 28.5 Å². The van der Waals surface area contributed by atoms with Gasteiger partial charge >= 0.3 is 0 Å². The zero-order valence-electron chi connectivity index (χ0n) is 16.1. The van der Waals surface area contributed by atoms with E-state index < -0.39 is 0 Å². The molecule has 4 aromatic rings. The summed E-state index contributed by atoms with van der Waals surface area (Å²) in [6, 6.07) is 21.2. The Labute approximate surface area is 178 Å². The van der Waals surface area contributed by atoms with Crippen LogP contribution in [-0.2, 0) is 5.75 Å². The van der Waals surface area contributed by atoms with Gasteiger partial charge in [-0.2, -0.15) is 0 Å². The van der Waals surface area contributed by atoms with Gasteiger partial charge in [-0.15, -0.1) is 11.8 Å². The molecule has 1 N–H and O–H groups in total. The molecule has 29 heavy (non-hydrogen) atoms. The third kappa shape index (κ3) is 3.66. The molecule has 0 aliphatic heterocycles. The van der Waals surface area contributed by atoms with Crippen LogP contribution in [0.25, 0.3) is 16.6 Å². The van der Waals surface area contributed by atoms with Gasteiger partial charge in [0.1, 0.15) is 5.75 Å². The first-order chi connectivity index (χ1) is 14.0. The van der Waals surface area contributed by atoms with Crippen molar-refractivity contribution >= 4 is 40.0 Å². The number of aromatic hydroxyl groups is 1. The molecule has 0 amide bonds. The number of fused-ring (bicyclic) bond motifs is 1. The lowest BCUT2D eigenvalue weighted by molar-refractivity contribution is 0.101. The molecule has 1 aromatic heterocycles. The second kappa shape index (κ2) is 7.97. The second-order valence-electron chi connectivity index (χ2n) is 6.89. The number of hydrogen-bond acceptors (Lipinski definition) is 3. The minimum absolute atomic E-state index is 0.0169. The van der Waals surface area contributed by atoms with Crippen molar-refractivity contribution < 1.29 is 9.90 Å². The first-order valence-corrected chi connectivity index (χ1v) is 10.6. The summed E-state index contributed by atoms with van der Waals surface area (Å²) < 4.78 is 2.05. The maximum atomic E-state index is 12.6. The summed E-state index contributed by atoms with van der Waals surface area (Å²) in [6.45, 7) is 3.52. The molecule has 0 saturated carbocycles. The SMILES string of the molecule is CC(=O)c1c(C)n(-c2ccc(Cl)cc2)c2ccc(O)c(CSc3ccccc3)c12. The highest BCUT2D eigenvalue weighted by Crippen LogP contribution is 2.39. The van der Waals surface area contributed by atoms with Crippen molar-refractivity contribution in [1.29, 1.82) is 0 Å². The molecule has 0 saturated heterocycles. The Bertz CT molecular complexity index is 1200. The largest absolute Gasteiger partial charge is 0.508 e. The Morgan fingerprint density at radius 2 is 1.72 bits per heavy atom. The van der Waals surface area contributed by atoms with Gasteiger partial charge in [-0.05, 0) is 62.4 Å². The lowest BCUT2D eigenvalue weighted by Gasteiger charge is -2.10. The van der Waals surface area contributed by atoms with E-state index in [4.69, 9.17) is 11.6 Å². The number of hydrogen-bond donors (Lipinski definition) is 1. The molecule has 1 heterocycles. The van der Waals surface area contributed by atoms with Crippen LogP contribution < -0.4 is 0 Å². The Morgan fingerprint density at radius 1 is 1.03 bits per heavy atom. The van der Waals surface area contributed by atoms with E-state index in [9.17, 15) is 9.90 Å². The Morgan fingerprint density at radius 3 is 2.38 bits per heavy atom. The van der Waals surface area contributed by atoms with Crippen molar-refractivity contribution in [2.45, 2.75) is 24.5 Å². The average molecular weight is 422 g/mol.